The Balaban J connectivity index is 1.79. The summed E-state index contributed by atoms with van der Waals surface area (Å²) in [5, 5.41) is 14.3. The summed E-state index contributed by atoms with van der Waals surface area (Å²) in [6.07, 6.45) is 9.12. The third-order valence-corrected chi connectivity index (χ3v) is 4.74. The summed E-state index contributed by atoms with van der Waals surface area (Å²) in [6, 6.07) is 14.6. The number of benzene rings is 2. The van der Waals surface area contributed by atoms with Gasteiger partial charge in [0.1, 0.15) is 12.4 Å². The molecule has 2 aromatic rings. The molecule has 3 rings (SSSR count). The molecule has 0 amide bonds. The predicted molar refractivity (Wildman–Crippen MR) is 113 cm³/mol. The second kappa shape index (κ2) is 11.1. The summed E-state index contributed by atoms with van der Waals surface area (Å²) in [7, 11) is 0. The highest BCUT2D eigenvalue weighted by molar-refractivity contribution is 5.94. The van der Waals surface area contributed by atoms with Crippen molar-refractivity contribution in [1.29, 1.82) is 0 Å². The Morgan fingerprint density at radius 3 is 2.72 bits per heavy atom. The molecule has 0 saturated carbocycles. The van der Waals surface area contributed by atoms with Crippen molar-refractivity contribution in [1.82, 2.24) is 0 Å². The summed E-state index contributed by atoms with van der Waals surface area (Å²) in [5.74, 6) is -0.264. The van der Waals surface area contributed by atoms with Gasteiger partial charge in [0.15, 0.2) is 0 Å². The van der Waals surface area contributed by atoms with Gasteiger partial charge in [0, 0.05) is 6.42 Å². The Bertz CT molecular complexity index is 858. The number of ether oxygens (including phenoxy) is 1. The zero-order valence-electron chi connectivity index (χ0n) is 16.5. The number of oxime groups is 1. The number of hydrogen-bond donors (Lipinski definition) is 1. The highest BCUT2D eigenvalue weighted by Gasteiger charge is 2.16. The monoisotopic (exact) mass is 393 g/mol. The summed E-state index contributed by atoms with van der Waals surface area (Å²) >= 11 is 0. The minimum atomic E-state index is -0.380. The molecule has 0 spiro atoms. The van der Waals surface area contributed by atoms with E-state index in [1.807, 2.05) is 30.3 Å². The first-order valence-corrected chi connectivity index (χ1v) is 10.1. The van der Waals surface area contributed by atoms with Crippen molar-refractivity contribution in [3.8, 4) is 5.75 Å². The summed E-state index contributed by atoms with van der Waals surface area (Å²) < 4.78 is 5.38. The predicted octanol–water partition coefficient (Wildman–Crippen LogP) is 5.18. The summed E-state index contributed by atoms with van der Waals surface area (Å²) in [4.78, 5) is 18.1. The average Bonchev–Trinajstić information content (AvgIpc) is 2.72. The van der Waals surface area contributed by atoms with Crippen molar-refractivity contribution in [3.63, 3.8) is 0 Å². The minimum absolute atomic E-state index is 0.116. The average molecular weight is 393 g/mol. The van der Waals surface area contributed by atoms with Crippen LogP contribution < -0.4 is 0 Å². The van der Waals surface area contributed by atoms with Crippen LogP contribution in [0.3, 0.4) is 0 Å². The lowest BCUT2D eigenvalue weighted by Gasteiger charge is -2.12. The molecule has 0 atom stereocenters. The van der Waals surface area contributed by atoms with Gasteiger partial charge in [-0.05, 0) is 61.4 Å². The molecule has 5 nitrogen and oxygen atoms in total. The standard InChI is InChI=1S/C24H27NO4/c26-22-13-14-23-20(17-22)16-21(25-29-18-19-10-6-5-7-11-19)12-8-3-1-2-4-9-15-28-24(23)27/h2,4-7,10-11,13-14,17,26H,1,3,8-9,12,15-16,18H2/b4-2+,25-21+. The molecule has 152 valence electrons. The van der Waals surface area contributed by atoms with Gasteiger partial charge in [-0.3, -0.25) is 0 Å². The number of phenolic OH excluding ortho intramolecular Hbond substituents is 1. The van der Waals surface area contributed by atoms with Crippen LogP contribution in [0.25, 0.3) is 0 Å². The number of aromatic hydroxyl groups is 1. The van der Waals surface area contributed by atoms with Crippen LogP contribution in [0.15, 0.2) is 65.8 Å². The molecule has 1 aliphatic rings. The first-order valence-electron chi connectivity index (χ1n) is 10.1. The molecule has 0 bridgehead atoms. The first kappa shape index (κ1) is 20.6. The van der Waals surface area contributed by atoms with Gasteiger partial charge in [0.05, 0.1) is 17.9 Å². The largest absolute Gasteiger partial charge is 0.508 e. The number of hydrogen-bond acceptors (Lipinski definition) is 5. The van der Waals surface area contributed by atoms with E-state index in [0.29, 0.717) is 37.2 Å². The number of cyclic esters (lactones) is 1. The maximum absolute atomic E-state index is 12.5. The van der Waals surface area contributed by atoms with Gasteiger partial charge < -0.3 is 14.7 Å². The van der Waals surface area contributed by atoms with Gasteiger partial charge in [0.2, 0.25) is 0 Å². The van der Waals surface area contributed by atoms with E-state index in [0.717, 1.165) is 37.0 Å². The van der Waals surface area contributed by atoms with Crippen molar-refractivity contribution in [2.75, 3.05) is 6.61 Å². The van der Waals surface area contributed by atoms with E-state index in [4.69, 9.17) is 9.57 Å². The van der Waals surface area contributed by atoms with E-state index < -0.39 is 0 Å². The molecule has 1 aliphatic heterocycles. The molecule has 1 heterocycles. The van der Waals surface area contributed by atoms with Crippen molar-refractivity contribution in [3.05, 3.63) is 77.4 Å². The quantitative estimate of drug-likeness (QED) is 0.443. The molecule has 0 aliphatic carbocycles. The van der Waals surface area contributed by atoms with Crippen LogP contribution >= 0.6 is 0 Å². The molecular formula is C24H27NO4. The van der Waals surface area contributed by atoms with Gasteiger partial charge in [0.25, 0.3) is 0 Å². The topological polar surface area (TPSA) is 68.1 Å². The third kappa shape index (κ3) is 6.79. The molecule has 2 aromatic carbocycles. The van der Waals surface area contributed by atoms with Gasteiger partial charge in [-0.1, -0.05) is 47.6 Å². The lowest BCUT2D eigenvalue weighted by molar-refractivity contribution is 0.0510. The Labute approximate surface area is 171 Å². The molecule has 1 N–H and O–H groups in total. The lowest BCUT2D eigenvalue weighted by atomic mass is 9.98. The summed E-state index contributed by atoms with van der Waals surface area (Å²) in [5.41, 5.74) is 3.05. The van der Waals surface area contributed by atoms with Crippen molar-refractivity contribution >= 4 is 11.7 Å². The van der Waals surface area contributed by atoms with E-state index in [9.17, 15) is 9.90 Å². The zero-order valence-corrected chi connectivity index (χ0v) is 16.5. The first-order chi connectivity index (χ1) is 14.2. The SMILES string of the molecule is O=C1OCC/C=C/CCCC/C(=N\OCc2ccccc2)Cc2cc(O)ccc21. The lowest BCUT2D eigenvalue weighted by Crippen LogP contribution is -2.13. The highest BCUT2D eigenvalue weighted by Crippen LogP contribution is 2.20. The van der Waals surface area contributed by atoms with Crippen molar-refractivity contribution in [2.24, 2.45) is 5.16 Å². The molecular weight excluding hydrogens is 366 g/mol. The fraction of sp³-hybridized carbons (Fsp3) is 0.333. The molecule has 0 aromatic heterocycles. The smallest absolute Gasteiger partial charge is 0.338 e. The Morgan fingerprint density at radius 2 is 1.86 bits per heavy atom. The fourth-order valence-electron chi connectivity index (χ4n) is 3.21. The molecule has 0 fully saturated rings. The van der Waals surface area contributed by atoms with Crippen LogP contribution in [0.5, 0.6) is 5.75 Å². The fourth-order valence-corrected chi connectivity index (χ4v) is 3.21. The van der Waals surface area contributed by atoms with E-state index in [-0.39, 0.29) is 11.7 Å². The van der Waals surface area contributed by atoms with Crippen LogP contribution in [0, 0.1) is 0 Å². The van der Waals surface area contributed by atoms with Gasteiger partial charge in [-0.15, -0.1) is 0 Å². The highest BCUT2D eigenvalue weighted by atomic mass is 16.6. The van der Waals surface area contributed by atoms with E-state index in [1.54, 1.807) is 12.1 Å². The van der Waals surface area contributed by atoms with Crippen LogP contribution in [0.2, 0.25) is 0 Å². The normalized spacial score (nSPS) is 18.3. The Kier molecular flexibility index (Phi) is 7.87. The molecule has 0 saturated heterocycles. The Hall–Kier alpha value is -3.08. The Morgan fingerprint density at radius 1 is 1.03 bits per heavy atom. The maximum Gasteiger partial charge on any atom is 0.338 e. The van der Waals surface area contributed by atoms with E-state index in [2.05, 4.69) is 17.3 Å². The molecule has 29 heavy (non-hydrogen) atoms. The number of rotatable bonds is 3. The molecule has 5 heteroatoms. The van der Waals surface area contributed by atoms with Gasteiger partial charge >= 0.3 is 5.97 Å². The number of carbonyl (C=O) groups is 1. The van der Waals surface area contributed by atoms with Gasteiger partial charge in [-0.2, -0.15) is 0 Å². The number of carbonyl (C=O) groups excluding carboxylic acids is 1. The number of allylic oxidation sites excluding steroid dienone is 1. The van der Waals surface area contributed by atoms with Crippen LogP contribution in [-0.2, 0) is 22.6 Å². The maximum atomic E-state index is 12.5. The van der Waals surface area contributed by atoms with Crippen LogP contribution in [0.4, 0.5) is 0 Å². The number of nitrogens with zero attached hydrogens (tertiary/aromatic N) is 1. The third-order valence-electron chi connectivity index (χ3n) is 4.74. The summed E-state index contributed by atoms with van der Waals surface area (Å²) in [6.45, 7) is 0.735. The van der Waals surface area contributed by atoms with E-state index >= 15 is 0 Å². The number of esters is 1. The van der Waals surface area contributed by atoms with Crippen molar-refractivity contribution in [2.45, 2.75) is 45.1 Å². The minimum Gasteiger partial charge on any atom is -0.508 e. The van der Waals surface area contributed by atoms with Crippen LogP contribution in [0.1, 0.15) is 53.6 Å². The van der Waals surface area contributed by atoms with E-state index in [1.165, 1.54) is 6.07 Å². The van der Waals surface area contributed by atoms with Crippen molar-refractivity contribution < 1.29 is 19.5 Å². The molecule has 0 unspecified atom stereocenters. The zero-order chi connectivity index (χ0) is 20.3. The van der Waals surface area contributed by atoms with Crippen LogP contribution in [-0.4, -0.2) is 23.4 Å². The number of phenols is 1. The number of fused-ring (bicyclic) bond motifs is 1. The second-order valence-electron chi connectivity index (χ2n) is 7.08. The van der Waals surface area contributed by atoms with Gasteiger partial charge in [-0.25, -0.2) is 4.79 Å². The molecule has 0 radical (unpaired) electrons. The second-order valence-corrected chi connectivity index (χ2v) is 7.08.